The van der Waals surface area contributed by atoms with Gasteiger partial charge in [-0.3, -0.25) is 18.5 Å². The number of rotatable bonds is 15. The van der Waals surface area contributed by atoms with E-state index in [9.17, 15) is 47.6 Å². The van der Waals surface area contributed by atoms with E-state index in [0.717, 1.165) is 18.2 Å². The van der Waals surface area contributed by atoms with Crippen LogP contribution in [0.3, 0.4) is 0 Å². The molecule has 1 amide bonds. The maximum absolute atomic E-state index is 12.8. The molecule has 4 rings (SSSR count). The number of ether oxygens (including phenoxy) is 1. The zero-order chi connectivity index (χ0) is 42.5. The number of anilines is 3. The smallest absolute Gasteiger partial charge is 0.397 e. The van der Waals surface area contributed by atoms with Gasteiger partial charge in [-0.15, -0.1) is 25.6 Å². The van der Waals surface area contributed by atoms with Gasteiger partial charge in [0.2, 0.25) is 5.91 Å². The maximum atomic E-state index is 12.8. The second kappa shape index (κ2) is 17.1. The van der Waals surface area contributed by atoms with Gasteiger partial charge in [-0.05, 0) is 67.1 Å². The van der Waals surface area contributed by atoms with Gasteiger partial charge in [0, 0.05) is 6.92 Å². The van der Waals surface area contributed by atoms with Crippen LogP contribution in [-0.2, 0) is 49.5 Å². The Hall–Kier alpha value is -5.81. The first-order valence-corrected chi connectivity index (χ1v) is 21.3. The number of nitrogens with one attached hydrogen (secondary N) is 1. The predicted octanol–water partition coefficient (Wildman–Crippen LogP) is 5.46. The molecule has 0 unspecified atom stereocenters. The number of carbonyl (C=O) groups excluding carboxylic acids is 1. The van der Waals surface area contributed by atoms with Crippen LogP contribution in [0.25, 0.3) is 0 Å². The topological polar surface area (TPSA) is 371 Å². The number of carbonyl (C=O) groups is 1. The minimum Gasteiger partial charge on any atom is -0.494 e. The van der Waals surface area contributed by atoms with Gasteiger partial charge < -0.3 is 21.5 Å². The molecule has 0 heterocycles. The molecular formula is C30H31N9O14S4. The van der Waals surface area contributed by atoms with Crippen molar-refractivity contribution in [1.29, 1.82) is 0 Å². The number of sulfone groups is 1. The molecule has 0 radical (unpaired) electrons. The number of hydrogen-bond acceptors (Lipinski definition) is 19. The molecule has 0 bridgehead atoms. The van der Waals surface area contributed by atoms with Crippen molar-refractivity contribution in [3.63, 3.8) is 0 Å². The zero-order valence-electron chi connectivity index (χ0n) is 29.5. The number of amides is 1. The van der Waals surface area contributed by atoms with Crippen LogP contribution < -0.4 is 21.5 Å². The normalized spacial score (nSPS) is 12.8. The van der Waals surface area contributed by atoms with Gasteiger partial charge in [-0.1, -0.05) is 6.07 Å². The number of hydrogen-bond donors (Lipinski definition) is 6. The van der Waals surface area contributed by atoms with E-state index >= 15 is 0 Å². The Morgan fingerprint density at radius 2 is 1.32 bits per heavy atom. The van der Waals surface area contributed by atoms with Crippen molar-refractivity contribution < 1.29 is 61.0 Å². The monoisotopic (exact) mass is 869 g/mol. The third-order valence-electron chi connectivity index (χ3n) is 7.17. The molecule has 0 aliphatic rings. The van der Waals surface area contributed by atoms with Crippen LogP contribution in [0, 0.1) is 6.92 Å². The molecule has 0 aliphatic heterocycles. The summed E-state index contributed by atoms with van der Waals surface area (Å²) in [6.07, 6.45) is 0. The third kappa shape index (κ3) is 11.6. The fraction of sp³-hybridized carbons (Fsp3) is 0.167. The Labute approximate surface area is 324 Å². The lowest BCUT2D eigenvalue weighted by atomic mass is 10.2. The van der Waals surface area contributed by atoms with E-state index in [2.05, 4.69) is 40.2 Å². The Kier molecular flexibility index (Phi) is 13.2. The fourth-order valence-electron chi connectivity index (χ4n) is 4.57. The molecule has 0 saturated carbocycles. The molecular weight excluding hydrogens is 839 g/mol. The average molecular weight is 870 g/mol. The van der Waals surface area contributed by atoms with Crippen molar-refractivity contribution in [2.75, 3.05) is 36.3 Å². The molecule has 0 saturated heterocycles. The SMILES string of the molecule is COc1ccc(S(=O)(=O)CCOS(=O)(=O)O)cc1N=Nc1cc(S(=O)(=O)O)c(N)c(N=Nc2ccc(N=Nc3ccc(C)cc3S(=O)(=O)O)c(NC(C)=O)c2)c1N. The van der Waals surface area contributed by atoms with Gasteiger partial charge in [0.1, 0.15) is 44.0 Å². The molecule has 0 aromatic heterocycles. The minimum absolute atomic E-state index is 0.000143. The lowest BCUT2D eigenvalue weighted by Gasteiger charge is -2.11. The van der Waals surface area contributed by atoms with Crippen LogP contribution >= 0.6 is 0 Å². The second-order valence-corrected chi connectivity index (χ2v) is 17.4. The number of azo groups is 3. The highest BCUT2D eigenvalue weighted by Gasteiger charge is 2.24. The van der Waals surface area contributed by atoms with E-state index in [1.807, 2.05) is 0 Å². The number of aryl methyl sites for hydroxylation is 1. The number of nitrogens with zero attached hydrogens (tertiary/aromatic N) is 6. The van der Waals surface area contributed by atoms with E-state index in [1.54, 1.807) is 6.92 Å². The van der Waals surface area contributed by atoms with Gasteiger partial charge in [-0.25, -0.2) is 12.6 Å². The lowest BCUT2D eigenvalue weighted by Crippen LogP contribution is -2.15. The summed E-state index contributed by atoms with van der Waals surface area (Å²) in [7, 11) is -17.7. The van der Waals surface area contributed by atoms with E-state index in [1.165, 1.54) is 56.5 Å². The number of benzene rings is 4. The minimum atomic E-state index is -5.07. The Morgan fingerprint density at radius 1 is 0.702 bits per heavy atom. The standard InChI is InChI=1S/C30H31N9O14S4/c1-16-4-7-21(26(12-16)55(43,44)45)36-35-20-8-5-18(13-22(20)33-17(2)40)34-39-30-28(31)24(15-27(29(30)32)56(46,47)48)38-37-23-14-19(6-9-25(23)52-3)54(41,42)11-10-53-57(49,50)51/h4-9,12-15H,10-11,31-32H2,1-3H3,(H,33,40)(H,43,44,45)(H,46,47,48)(H,49,50,51). The van der Waals surface area contributed by atoms with Crippen LogP contribution in [0.15, 0.2) is 106 Å². The van der Waals surface area contributed by atoms with E-state index < -0.39 is 96.2 Å². The zero-order valence-corrected chi connectivity index (χ0v) is 32.8. The van der Waals surface area contributed by atoms with Gasteiger partial charge in [0.25, 0.3) is 20.2 Å². The van der Waals surface area contributed by atoms with Crippen molar-refractivity contribution in [2.24, 2.45) is 30.7 Å². The van der Waals surface area contributed by atoms with Crippen molar-refractivity contribution in [2.45, 2.75) is 28.5 Å². The Bertz CT molecular complexity index is 2800. The molecule has 0 atom stereocenters. The average Bonchev–Trinajstić information content (AvgIpc) is 3.09. The van der Waals surface area contributed by atoms with Gasteiger partial charge >= 0.3 is 10.4 Å². The fourth-order valence-corrected chi connectivity index (χ4v) is 7.42. The largest absolute Gasteiger partial charge is 0.494 e. The van der Waals surface area contributed by atoms with Crippen molar-refractivity contribution in [1.82, 2.24) is 0 Å². The van der Waals surface area contributed by atoms with Crippen molar-refractivity contribution in [3.05, 3.63) is 66.2 Å². The summed E-state index contributed by atoms with van der Waals surface area (Å²) in [6.45, 7) is 1.86. The van der Waals surface area contributed by atoms with E-state index in [4.69, 9.17) is 20.8 Å². The molecule has 27 heteroatoms. The van der Waals surface area contributed by atoms with Gasteiger partial charge in [0.05, 0.1) is 47.1 Å². The van der Waals surface area contributed by atoms with Gasteiger partial charge in [-0.2, -0.15) is 30.4 Å². The third-order valence-corrected chi connectivity index (χ3v) is 11.1. The first kappa shape index (κ1) is 43.9. The molecule has 0 aliphatic carbocycles. The maximum Gasteiger partial charge on any atom is 0.397 e. The van der Waals surface area contributed by atoms with Crippen LogP contribution in [0.4, 0.5) is 51.2 Å². The van der Waals surface area contributed by atoms with Crippen molar-refractivity contribution >= 4 is 97.6 Å². The van der Waals surface area contributed by atoms with E-state index in [0.29, 0.717) is 5.56 Å². The highest BCUT2D eigenvalue weighted by atomic mass is 32.3. The summed E-state index contributed by atoms with van der Waals surface area (Å²) < 4.78 is 133. The highest BCUT2D eigenvalue weighted by Crippen LogP contribution is 2.44. The molecule has 57 heavy (non-hydrogen) atoms. The first-order valence-electron chi connectivity index (χ1n) is 15.4. The number of methoxy groups -OCH3 is 1. The van der Waals surface area contributed by atoms with Gasteiger partial charge in [0.15, 0.2) is 9.84 Å². The quantitative estimate of drug-likeness (QED) is 0.0490. The lowest BCUT2D eigenvalue weighted by molar-refractivity contribution is -0.114. The molecule has 0 fully saturated rings. The Morgan fingerprint density at radius 3 is 1.93 bits per heavy atom. The molecule has 304 valence electrons. The summed E-state index contributed by atoms with van der Waals surface area (Å²) >= 11 is 0. The Balaban J connectivity index is 1.76. The van der Waals surface area contributed by atoms with Crippen LogP contribution in [0.1, 0.15) is 12.5 Å². The summed E-state index contributed by atoms with van der Waals surface area (Å²) in [5, 5.41) is 26.1. The van der Waals surface area contributed by atoms with Crippen molar-refractivity contribution in [3.8, 4) is 5.75 Å². The first-order chi connectivity index (χ1) is 26.4. The highest BCUT2D eigenvalue weighted by molar-refractivity contribution is 7.91. The summed E-state index contributed by atoms with van der Waals surface area (Å²) in [4.78, 5) is 10.2. The number of nitrogen functional groups attached to an aromatic ring is 2. The molecule has 23 nitrogen and oxygen atoms in total. The van der Waals surface area contributed by atoms with E-state index in [-0.39, 0.29) is 34.2 Å². The summed E-state index contributed by atoms with van der Waals surface area (Å²) in [6, 6.07) is 11.9. The van der Waals surface area contributed by atoms with Crippen LogP contribution in [0.5, 0.6) is 5.75 Å². The molecule has 0 spiro atoms. The summed E-state index contributed by atoms with van der Waals surface area (Å²) in [5.74, 6) is -1.48. The predicted molar refractivity (Wildman–Crippen MR) is 202 cm³/mol. The molecule has 4 aromatic rings. The second-order valence-electron chi connectivity index (χ2n) is 11.4. The van der Waals surface area contributed by atoms with Crippen LogP contribution in [-0.4, -0.2) is 72.7 Å². The molecule has 8 N–H and O–H groups in total. The summed E-state index contributed by atoms with van der Waals surface area (Å²) in [5.41, 5.74) is 10.2. The van der Waals surface area contributed by atoms with Crippen LogP contribution in [0.2, 0.25) is 0 Å². The number of nitrogens with two attached hydrogens (primary N) is 2. The molecule has 4 aromatic carbocycles.